The molecule has 11 aromatic rings. The normalized spacial score (nSPS) is 11.6. The fraction of sp³-hybridized carbons (Fsp3) is 0. The Hall–Kier alpha value is -8.07. The van der Waals surface area contributed by atoms with Crippen LogP contribution in [0.2, 0.25) is 0 Å². The quantitative estimate of drug-likeness (QED) is 0.0843. The average Bonchev–Trinajstić information content (AvgIpc) is 3.86. The summed E-state index contributed by atoms with van der Waals surface area (Å²) in [4.78, 5) is 4.83. The summed E-state index contributed by atoms with van der Waals surface area (Å²) >= 11 is 1.72. The van der Waals surface area contributed by atoms with Crippen molar-refractivity contribution in [1.29, 1.82) is 0 Å². The number of thiophene rings is 1. The van der Waals surface area contributed by atoms with Crippen molar-refractivity contribution in [2.45, 2.75) is 0 Å². The fourth-order valence-electron chi connectivity index (χ4n) is 8.65. The number of hydrogen-bond donors (Lipinski definition) is 5. The minimum Gasteiger partial charge on any atom is -0.504 e. The summed E-state index contributed by atoms with van der Waals surface area (Å²) in [6, 6.07) is 60.0. The van der Waals surface area contributed by atoms with Crippen molar-refractivity contribution in [2.24, 2.45) is 0 Å². The van der Waals surface area contributed by atoms with Crippen LogP contribution in [-0.4, -0.2) is 35.1 Å². The first-order valence-electron chi connectivity index (χ1n) is 19.7. The molecular formula is C53H34N2O5S. The Labute approximate surface area is 353 Å². The molecule has 0 amide bonds. The Morgan fingerprint density at radius 3 is 1.70 bits per heavy atom. The van der Waals surface area contributed by atoms with Crippen LogP contribution >= 0.6 is 11.3 Å². The van der Waals surface area contributed by atoms with Gasteiger partial charge in [0.05, 0.1) is 28.0 Å². The SMILES string of the molecule is Oc1c(O)c(O)c(-c2cc(-c3ccc(-c4ccccc4)c4sc5ccc(-n6c7ccccc7c7cc(-c8ccccc8)ccc76)cc5c34)cc(-c3ccccc3)n2)c(O)c1O. The molecule has 5 N–H and O–H groups in total. The van der Waals surface area contributed by atoms with Crippen molar-refractivity contribution in [3.05, 3.63) is 176 Å². The van der Waals surface area contributed by atoms with Crippen LogP contribution in [-0.2, 0) is 0 Å². The van der Waals surface area contributed by atoms with E-state index in [1.165, 1.54) is 0 Å². The third kappa shape index (κ3) is 5.76. The molecule has 8 aromatic carbocycles. The summed E-state index contributed by atoms with van der Waals surface area (Å²) in [5, 5.41) is 58.1. The Balaban J connectivity index is 1.20. The van der Waals surface area contributed by atoms with E-state index < -0.39 is 28.7 Å². The molecule has 0 bridgehead atoms. The van der Waals surface area contributed by atoms with Gasteiger partial charge in [-0.1, -0.05) is 127 Å². The summed E-state index contributed by atoms with van der Waals surface area (Å²) in [5.74, 6) is -4.59. The maximum atomic E-state index is 11.1. The van der Waals surface area contributed by atoms with Crippen molar-refractivity contribution >= 4 is 53.3 Å². The first-order chi connectivity index (χ1) is 29.8. The van der Waals surface area contributed by atoms with Crippen LogP contribution in [0.1, 0.15) is 0 Å². The van der Waals surface area contributed by atoms with Gasteiger partial charge in [-0.25, -0.2) is 4.98 Å². The minimum absolute atomic E-state index is 0.0811. The van der Waals surface area contributed by atoms with E-state index in [1.54, 1.807) is 17.4 Å². The zero-order valence-electron chi connectivity index (χ0n) is 32.3. The Morgan fingerprint density at radius 1 is 0.393 bits per heavy atom. The third-order valence-corrected chi connectivity index (χ3v) is 12.8. The molecule has 0 aliphatic carbocycles. The van der Waals surface area contributed by atoms with Gasteiger partial charge < -0.3 is 30.1 Å². The fourth-order valence-corrected chi connectivity index (χ4v) is 9.90. The highest BCUT2D eigenvalue weighted by Crippen LogP contribution is 2.55. The second-order valence-electron chi connectivity index (χ2n) is 15.1. The third-order valence-electron chi connectivity index (χ3n) is 11.6. The van der Waals surface area contributed by atoms with Crippen molar-refractivity contribution in [3.63, 3.8) is 0 Å². The highest BCUT2D eigenvalue weighted by atomic mass is 32.1. The topological polar surface area (TPSA) is 119 Å². The van der Waals surface area contributed by atoms with E-state index in [2.05, 4.69) is 114 Å². The molecule has 61 heavy (non-hydrogen) atoms. The van der Waals surface area contributed by atoms with Gasteiger partial charge >= 0.3 is 0 Å². The second kappa shape index (κ2) is 14.0. The number of rotatable bonds is 6. The number of phenols is 5. The predicted molar refractivity (Wildman–Crippen MR) is 247 cm³/mol. The number of nitrogens with zero attached hydrogens (tertiary/aromatic N) is 2. The van der Waals surface area contributed by atoms with Gasteiger partial charge in [-0.05, 0) is 81.9 Å². The Morgan fingerprint density at radius 2 is 0.984 bits per heavy atom. The zero-order chi connectivity index (χ0) is 41.4. The number of fused-ring (bicyclic) bond motifs is 6. The lowest BCUT2D eigenvalue weighted by atomic mass is 9.93. The van der Waals surface area contributed by atoms with Crippen LogP contribution in [0, 0.1) is 0 Å². The molecule has 0 fully saturated rings. The molecule has 0 radical (unpaired) electrons. The number of aromatic nitrogens is 2. The summed E-state index contributed by atoms with van der Waals surface area (Å²) < 4.78 is 4.50. The van der Waals surface area contributed by atoms with Crippen molar-refractivity contribution < 1.29 is 25.5 Å². The minimum atomic E-state index is -1.03. The van der Waals surface area contributed by atoms with Gasteiger partial charge in [0.15, 0.2) is 11.5 Å². The number of para-hydroxylation sites is 1. The first kappa shape index (κ1) is 36.0. The van der Waals surface area contributed by atoms with E-state index in [0.717, 1.165) is 86.6 Å². The van der Waals surface area contributed by atoms with Crippen LogP contribution in [0.15, 0.2) is 176 Å². The van der Waals surface area contributed by atoms with Gasteiger partial charge in [-0.3, -0.25) is 0 Å². The molecule has 0 aliphatic rings. The number of pyridine rings is 1. The van der Waals surface area contributed by atoms with Crippen molar-refractivity contribution in [1.82, 2.24) is 9.55 Å². The first-order valence-corrected chi connectivity index (χ1v) is 20.6. The van der Waals surface area contributed by atoms with E-state index >= 15 is 0 Å². The molecule has 11 rings (SSSR count). The maximum absolute atomic E-state index is 11.1. The van der Waals surface area contributed by atoms with Gasteiger partial charge in [0.2, 0.25) is 17.2 Å². The molecule has 3 heterocycles. The number of phenolic OH excluding ortho intramolecular Hbond substituents is 5. The summed E-state index contributed by atoms with van der Waals surface area (Å²) in [5.41, 5.74) is 10.3. The molecule has 0 aliphatic heterocycles. The molecule has 292 valence electrons. The lowest BCUT2D eigenvalue weighted by Crippen LogP contribution is -1.94. The van der Waals surface area contributed by atoms with Gasteiger partial charge in [-0.2, -0.15) is 0 Å². The van der Waals surface area contributed by atoms with Crippen LogP contribution < -0.4 is 0 Å². The molecule has 8 heteroatoms. The van der Waals surface area contributed by atoms with Crippen LogP contribution in [0.4, 0.5) is 0 Å². The van der Waals surface area contributed by atoms with Crippen LogP contribution in [0.25, 0.3) is 104 Å². The van der Waals surface area contributed by atoms with E-state index in [0.29, 0.717) is 5.69 Å². The lowest BCUT2D eigenvalue weighted by molar-refractivity contribution is 0.330. The summed E-state index contributed by atoms with van der Waals surface area (Å²) in [6.07, 6.45) is 0. The van der Waals surface area contributed by atoms with Gasteiger partial charge in [0, 0.05) is 42.2 Å². The van der Waals surface area contributed by atoms with Gasteiger partial charge in [-0.15, -0.1) is 11.3 Å². The van der Waals surface area contributed by atoms with Crippen LogP contribution in [0.5, 0.6) is 28.7 Å². The number of aromatic hydroxyl groups is 5. The monoisotopic (exact) mass is 810 g/mol. The molecule has 7 nitrogen and oxygen atoms in total. The molecule has 0 atom stereocenters. The molecule has 0 saturated heterocycles. The molecule has 0 unspecified atom stereocenters. The lowest BCUT2D eigenvalue weighted by Gasteiger charge is -2.16. The summed E-state index contributed by atoms with van der Waals surface area (Å²) in [6.45, 7) is 0. The van der Waals surface area contributed by atoms with Gasteiger partial charge in [0.25, 0.3) is 0 Å². The van der Waals surface area contributed by atoms with E-state index in [4.69, 9.17) is 4.98 Å². The number of hydrogen-bond acceptors (Lipinski definition) is 7. The average molecular weight is 811 g/mol. The van der Waals surface area contributed by atoms with E-state index in [9.17, 15) is 25.5 Å². The zero-order valence-corrected chi connectivity index (χ0v) is 33.1. The number of benzene rings is 8. The largest absolute Gasteiger partial charge is 0.504 e. The predicted octanol–water partition coefficient (Wildman–Crippen LogP) is 13.4. The van der Waals surface area contributed by atoms with Crippen molar-refractivity contribution in [3.8, 4) is 90.3 Å². The Kier molecular flexibility index (Phi) is 8.30. The van der Waals surface area contributed by atoms with Crippen molar-refractivity contribution in [2.75, 3.05) is 0 Å². The maximum Gasteiger partial charge on any atom is 0.208 e. The second-order valence-corrected chi connectivity index (χ2v) is 16.1. The summed E-state index contributed by atoms with van der Waals surface area (Å²) in [7, 11) is 0. The van der Waals surface area contributed by atoms with Crippen LogP contribution in [0.3, 0.4) is 0 Å². The highest BCUT2D eigenvalue weighted by Gasteiger charge is 2.27. The smallest absolute Gasteiger partial charge is 0.208 e. The molecular weight excluding hydrogens is 777 g/mol. The van der Waals surface area contributed by atoms with Gasteiger partial charge in [0.1, 0.15) is 0 Å². The molecule has 0 saturated carbocycles. The highest BCUT2D eigenvalue weighted by molar-refractivity contribution is 7.26. The van der Waals surface area contributed by atoms with E-state index in [-0.39, 0.29) is 11.3 Å². The standard InChI is InChI=1S/C53H34N2O5S/c56-48-47(49(57)51(59)52(60)50(48)58)42-28-34(27-41(54-42)32-16-8-3-9-17-32)36-22-23-37(31-14-6-2-7-15-31)53-46(36)40-29-35(21-25-45(40)61-53)55-43-19-11-10-18-38(43)39-26-33(20-24-44(39)55)30-12-4-1-5-13-30/h1-29,56-60H. The Bertz CT molecular complexity index is 3500. The molecule has 3 aromatic heterocycles. The molecule has 0 spiro atoms. The van der Waals surface area contributed by atoms with E-state index in [1.807, 2.05) is 60.7 Å².